The van der Waals surface area contributed by atoms with E-state index in [2.05, 4.69) is 35.9 Å². The lowest BCUT2D eigenvalue weighted by molar-refractivity contribution is 0.211. The molecule has 0 amide bonds. The molecule has 0 aliphatic heterocycles. The van der Waals surface area contributed by atoms with E-state index in [0.29, 0.717) is 6.04 Å². The van der Waals surface area contributed by atoms with Gasteiger partial charge in [-0.25, -0.2) is 0 Å². The van der Waals surface area contributed by atoms with E-state index in [1.807, 2.05) is 12.4 Å². The Balaban J connectivity index is 2.51. The first-order valence-electron chi connectivity index (χ1n) is 5.57. The summed E-state index contributed by atoms with van der Waals surface area (Å²) in [6, 6.07) is 4.69. The number of hydrogen-bond acceptors (Lipinski definition) is 3. The van der Waals surface area contributed by atoms with Crippen LogP contribution < -0.4 is 5.73 Å². The molecule has 0 aliphatic rings. The smallest absolute Gasteiger partial charge is 0.0271 e. The molecule has 2 N–H and O–H groups in total. The van der Waals surface area contributed by atoms with Crippen molar-refractivity contribution in [2.45, 2.75) is 32.9 Å². The molecule has 3 heteroatoms. The molecule has 0 saturated carbocycles. The molecule has 0 spiro atoms. The molecule has 0 bridgehead atoms. The molecule has 84 valence electrons. The standard InChI is InChI=1S/C12H21N3/c1-11(2)15(9-3-6-13)10-12-4-7-14-8-5-12/h4-5,7-8,11H,3,6,9-10,13H2,1-2H3. The van der Waals surface area contributed by atoms with E-state index in [1.165, 1.54) is 5.56 Å². The maximum atomic E-state index is 5.53. The van der Waals surface area contributed by atoms with Crippen LogP contribution in [-0.4, -0.2) is 29.0 Å². The van der Waals surface area contributed by atoms with Crippen LogP contribution in [0.15, 0.2) is 24.5 Å². The van der Waals surface area contributed by atoms with Gasteiger partial charge in [0.15, 0.2) is 0 Å². The highest BCUT2D eigenvalue weighted by molar-refractivity contribution is 5.09. The Morgan fingerprint density at radius 2 is 2.00 bits per heavy atom. The van der Waals surface area contributed by atoms with Crippen LogP contribution in [0.3, 0.4) is 0 Å². The number of nitrogens with two attached hydrogens (primary N) is 1. The van der Waals surface area contributed by atoms with Crippen molar-refractivity contribution in [1.82, 2.24) is 9.88 Å². The van der Waals surface area contributed by atoms with Gasteiger partial charge >= 0.3 is 0 Å². The predicted octanol–water partition coefficient (Wildman–Crippen LogP) is 1.64. The van der Waals surface area contributed by atoms with E-state index in [1.54, 1.807) is 0 Å². The largest absolute Gasteiger partial charge is 0.330 e. The number of hydrogen-bond donors (Lipinski definition) is 1. The monoisotopic (exact) mass is 207 g/mol. The van der Waals surface area contributed by atoms with Gasteiger partial charge in [-0.3, -0.25) is 9.88 Å². The Morgan fingerprint density at radius 3 is 2.53 bits per heavy atom. The highest BCUT2D eigenvalue weighted by atomic mass is 15.1. The van der Waals surface area contributed by atoms with Crippen LogP contribution in [0.1, 0.15) is 25.8 Å². The number of rotatable bonds is 6. The van der Waals surface area contributed by atoms with Gasteiger partial charge in [0, 0.05) is 25.0 Å². The van der Waals surface area contributed by atoms with Crippen molar-refractivity contribution in [3.63, 3.8) is 0 Å². The quantitative estimate of drug-likeness (QED) is 0.771. The Hall–Kier alpha value is -0.930. The lowest BCUT2D eigenvalue weighted by atomic mass is 10.2. The second-order valence-electron chi connectivity index (χ2n) is 4.06. The van der Waals surface area contributed by atoms with Crippen LogP contribution in [0.2, 0.25) is 0 Å². The average Bonchev–Trinajstić information content (AvgIpc) is 2.25. The third-order valence-electron chi connectivity index (χ3n) is 2.51. The van der Waals surface area contributed by atoms with E-state index in [4.69, 9.17) is 5.73 Å². The molecule has 0 saturated heterocycles. The third-order valence-corrected chi connectivity index (χ3v) is 2.51. The topological polar surface area (TPSA) is 42.1 Å². The molecule has 15 heavy (non-hydrogen) atoms. The first-order valence-corrected chi connectivity index (χ1v) is 5.57. The average molecular weight is 207 g/mol. The molecule has 0 aromatic carbocycles. The zero-order chi connectivity index (χ0) is 11.1. The molecule has 1 aromatic heterocycles. The predicted molar refractivity (Wildman–Crippen MR) is 63.5 cm³/mol. The number of nitrogens with zero attached hydrogens (tertiary/aromatic N) is 2. The van der Waals surface area contributed by atoms with E-state index in [0.717, 1.165) is 26.1 Å². The summed E-state index contributed by atoms with van der Waals surface area (Å²) < 4.78 is 0. The summed E-state index contributed by atoms with van der Waals surface area (Å²) in [5, 5.41) is 0. The normalized spacial score (nSPS) is 11.3. The van der Waals surface area contributed by atoms with Crippen molar-refractivity contribution < 1.29 is 0 Å². The summed E-state index contributed by atoms with van der Waals surface area (Å²) >= 11 is 0. The fraction of sp³-hybridized carbons (Fsp3) is 0.583. The van der Waals surface area contributed by atoms with E-state index < -0.39 is 0 Å². The van der Waals surface area contributed by atoms with Gasteiger partial charge in [-0.05, 0) is 51.1 Å². The first kappa shape index (κ1) is 12.1. The van der Waals surface area contributed by atoms with Crippen molar-refractivity contribution in [2.24, 2.45) is 5.73 Å². The second-order valence-corrected chi connectivity index (χ2v) is 4.06. The Bertz CT molecular complexity index is 259. The lowest BCUT2D eigenvalue weighted by Crippen LogP contribution is -2.32. The highest BCUT2D eigenvalue weighted by Gasteiger charge is 2.08. The Morgan fingerprint density at radius 1 is 1.33 bits per heavy atom. The van der Waals surface area contributed by atoms with Crippen LogP contribution in [0.5, 0.6) is 0 Å². The van der Waals surface area contributed by atoms with Crippen LogP contribution in [0.4, 0.5) is 0 Å². The van der Waals surface area contributed by atoms with Crippen LogP contribution in [-0.2, 0) is 6.54 Å². The minimum Gasteiger partial charge on any atom is -0.330 e. The molecule has 0 fully saturated rings. The minimum absolute atomic E-state index is 0.560. The zero-order valence-corrected chi connectivity index (χ0v) is 9.69. The van der Waals surface area contributed by atoms with Gasteiger partial charge in [0.05, 0.1) is 0 Å². The molecule has 0 radical (unpaired) electrons. The molecule has 1 rings (SSSR count). The molecule has 0 aliphatic carbocycles. The van der Waals surface area contributed by atoms with Gasteiger partial charge in [-0.2, -0.15) is 0 Å². The van der Waals surface area contributed by atoms with Gasteiger partial charge in [0.25, 0.3) is 0 Å². The summed E-state index contributed by atoms with van der Waals surface area (Å²) in [6.45, 7) is 7.26. The van der Waals surface area contributed by atoms with Gasteiger partial charge in [0.2, 0.25) is 0 Å². The molecular formula is C12H21N3. The van der Waals surface area contributed by atoms with Crippen LogP contribution >= 0.6 is 0 Å². The molecule has 3 nitrogen and oxygen atoms in total. The van der Waals surface area contributed by atoms with Crippen molar-refractivity contribution in [1.29, 1.82) is 0 Å². The van der Waals surface area contributed by atoms with Crippen molar-refractivity contribution in [3.8, 4) is 0 Å². The second kappa shape index (κ2) is 6.53. The summed E-state index contributed by atoms with van der Waals surface area (Å²) in [5.41, 5.74) is 6.85. The van der Waals surface area contributed by atoms with Crippen molar-refractivity contribution in [3.05, 3.63) is 30.1 Å². The van der Waals surface area contributed by atoms with Crippen LogP contribution in [0, 0.1) is 0 Å². The lowest BCUT2D eigenvalue weighted by Gasteiger charge is -2.26. The SMILES string of the molecule is CC(C)N(CCCN)Cc1ccncc1. The first-order chi connectivity index (χ1) is 7.24. The van der Waals surface area contributed by atoms with E-state index in [-0.39, 0.29) is 0 Å². The van der Waals surface area contributed by atoms with Crippen LogP contribution in [0.25, 0.3) is 0 Å². The minimum atomic E-state index is 0.560. The number of pyridine rings is 1. The van der Waals surface area contributed by atoms with E-state index in [9.17, 15) is 0 Å². The summed E-state index contributed by atoms with van der Waals surface area (Å²) in [7, 11) is 0. The van der Waals surface area contributed by atoms with Gasteiger partial charge in [-0.15, -0.1) is 0 Å². The van der Waals surface area contributed by atoms with Crippen molar-refractivity contribution >= 4 is 0 Å². The van der Waals surface area contributed by atoms with Crippen molar-refractivity contribution in [2.75, 3.05) is 13.1 Å². The Labute approximate surface area is 92.3 Å². The molecule has 0 unspecified atom stereocenters. The van der Waals surface area contributed by atoms with Gasteiger partial charge in [0.1, 0.15) is 0 Å². The highest BCUT2D eigenvalue weighted by Crippen LogP contribution is 2.07. The molecule has 1 aromatic rings. The Kier molecular flexibility index (Phi) is 5.29. The van der Waals surface area contributed by atoms with Gasteiger partial charge in [-0.1, -0.05) is 0 Å². The van der Waals surface area contributed by atoms with E-state index >= 15 is 0 Å². The molecular weight excluding hydrogens is 186 g/mol. The number of aromatic nitrogens is 1. The molecule has 1 heterocycles. The maximum absolute atomic E-state index is 5.53. The fourth-order valence-corrected chi connectivity index (χ4v) is 1.54. The zero-order valence-electron chi connectivity index (χ0n) is 9.69. The summed E-state index contributed by atoms with van der Waals surface area (Å²) in [4.78, 5) is 6.45. The molecule has 0 atom stereocenters. The fourth-order valence-electron chi connectivity index (χ4n) is 1.54. The summed E-state index contributed by atoms with van der Waals surface area (Å²) in [6.07, 6.45) is 4.75. The van der Waals surface area contributed by atoms with Gasteiger partial charge < -0.3 is 5.73 Å². The maximum Gasteiger partial charge on any atom is 0.0271 e. The summed E-state index contributed by atoms with van der Waals surface area (Å²) in [5.74, 6) is 0. The third kappa shape index (κ3) is 4.40.